The molecule has 7 nitrogen and oxygen atoms in total. The Balaban J connectivity index is 2.31. The Morgan fingerprint density at radius 1 is 1.32 bits per heavy atom. The van der Waals surface area contributed by atoms with Crippen molar-refractivity contribution >= 4 is 23.5 Å². The molecule has 2 aromatic rings. The third-order valence-electron chi connectivity index (χ3n) is 3.48. The SMILES string of the molecule is CN(C(=O)c1cn(-c2ccccc2Cl)nn1)C(C)(C)C(=O)O. The van der Waals surface area contributed by atoms with Gasteiger partial charge in [-0.3, -0.25) is 4.79 Å². The molecular formula is C14H15ClN4O3. The summed E-state index contributed by atoms with van der Waals surface area (Å²) in [6.45, 7) is 2.87. The number of carboxylic acid groups (broad SMARTS) is 1. The molecule has 0 saturated heterocycles. The second-order valence-corrected chi connectivity index (χ2v) is 5.64. The van der Waals surface area contributed by atoms with Crippen molar-refractivity contribution in [3.8, 4) is 5.69 Å². The number of carbonyl (C=O) groups excluding carboxylic acids is 1. The lowest BCUT2D eigenvalue weighted by Gasteiger charge is -2.30. The number of amides is 1. The van der Waals surface area contributed by atoms with E-state index in [2.05, 4.69) is 10.3 Å². The van der Waals surface area contributed by atoms with Crippen LogP contribution < -0.4 is 0 Å². The van der Waals surface area contributed by atoms with Crippen LogP contribution in [0.2, 0.25) is 5.02 Å². The highest BCUT2D eigenvalue weighted by Gasteiger charge is 2.36. The van der Waals surface area contributed by atoms with Gasteiger partial charge in [-0.25, -0.2) is 9.48 Å². The summed E-state index contributed by atoms with van der Waals surface area (Å²) >= 11 is 6.06. The summed E-state index contributed by atoms with van der Waals surface area (Å²) in [5.74, 6) is -1.65. The van der Waals surface area contributed by atoms with Crippen LogP contribution in [0.25, 0.3) is 5.69 Å². The second kappa shape index (κ2) is 5.76. The van der Waals surface area contributed by atoms with E-state index < -0.39 is 17.4 Å². The minimum atomic E-state index is -1.36. The Labute approximate surface area is 132 Å². The van der Waals surface area contributed by atoms with Crippen molar-refractivity contribution in [2.45, 2.75) is 19.4 Å². The summed E-state index contributed by atoms with van der Waals surface area (Å²) in [6, 6.07) is 6.98. The summed E-state index contributed by atoms with van der Waals surface area (Å²) in [6.07, 6.45) is 1.41. The number of aromatic nitrogens is 3. The van der Waals surface area contributed by atoms with E-state index in [9.17, 15) is 14.7 Å². The minimum absolute atomic E-state index is 0.0387. The molecule has 2 rings (SSSR count). The smallest absolute Gasteiger partial charge is 0.329 e. The topological polar surface area (TPSA) is 88.3 Å². The van der Waals surface area contributed by atoms with Gasteiger partial charge < -0.3 is 10.0 Å². The summed E-state index contributed by atoms with van der Waals surface area (Å²) in [5.41, 5.74) is -0.738. The average molecular weight is 323 g/mol. The Hall–Kier alpha value is -2.41. The maximum absolute atomic E-state index is 12.3. The van der Waals surface area contributed by atoms with Crippen LogP contribution in [0.5, 0.6) is 0 Å². The molecule has 22 heavy (non-hydrogen) atoms. The van der Waals surface area contributed by atoms with Gasteiger partial charge in [0.1, 0.15) is 5.54 Å². The van der Waals surface area contributed by atoms with Gasteiger partial charge in [0.05, 0.1) is 16.9 Å². The third kappa shape index (κ3) is 2.80. The van der Waals surface area contributed by atoms with E-state index in [1.165, 1.54) is 31.8 Å². The van der Waals surface area contributed by atoms with Gasteiger partial charge in [0.2, 0.25) is 0 Å². The third-order valence-corrected chi connectivity index (χ3v) is 3.80. The van der Waals surface area contributed by atoms with Gasteiger partial charge in [0, 0.05) is 7.05 Å². The lowest BCUT2D eigenvalue weighted by molar-refractivity contribution is -0.147. The minimum Gasteiger partial charge on any atom is -0.480 e. The van der Waals surface area contributed by atoms with Gasteiger partial charge in [-0.05, 0) is 26.0 Å². The first kappa shape index (κ1) is 16.0. The number of rotatable bonds is 4. The van der Waals surface area contributed by atoms with Crippen molar-refractivity contribution in [1.82, 2.24) is 19.9 Å². The van der Waals surface area contributed by atoms with Crippen LogP contribution in [0.15, 0.2) is 30.5 Å². The lowest BCUT2D eigenvalue weighted by Crippen LogP contribution is -2.50. The van der Waals surface area contributed by atoms with Crippen molar-refractivity contribution in [1.29, 1.82) is 0 Å². The number of aliphatic carboxylic acids is 1. The Morgan fingerprint density at radius 2 is 1.95 bits per heavy atom. The highest BCUT2D eigenvalue weighted by molar-refractivity contribution is 6.32. The quantitative estimate of drug-likeness (QED) is 0.928. The molecule has 116 valence electrons. The number of benzene rings is 1. The van der Waals surface area contributed by atoms with Crippen molar-refractivity contribution < 1.29 is 14.7 Å². The van der Waals surface area contributed by atoms with Crippen LogP contribution in [-0.2, 0) is 4.79 Å². The summed E-state index contributed by atoms with van der Waals surface area (Å²) in [7, 11) is 1.41. The van der Waals surface area contributed by atoms with Crippen LogP contribution in [-0.4, -0.2) is 49.5 Å². The van der Waals surface area contributed by atoms with Crippen molar-refractivity contribution in [3.05, 3.63) is 41.2 Å². The van der Waals surface area contributed by atoms with Crippen molar-refractivity contribution in [3.63, 3.8) is 0 Å². The highest BCUT2D eigenvalue weighted by atomic mass is 35.5. The van der Waals surface area contributed by atoms with Crippen molar-refractivity contribution in [2.75, 3.05) is 7.05 Å². The van der Waals surface area contributed by atoms with E-state index in [4.69, 9.17) is 11.6 Å². The largest absolute Gasteiger partial charge is 0.480 e. The van der Waals surface area contributed by atoms with Crippen molar-refractivity contribution in [2.24, 2.45) is 0 Å². The van der Waals surface area contributed by atoms with Crippen LogP contribution in [0.3, 0.4) is 0 Å². The normalized spacial score (nSPS) is 11.3. The number of carboxylic acids is 1. The summed E-state index contributed by atoms with van der Waals surface area (Å²) in [4.78, 5) is 24.7. The Kier molecular flexibility index (Phi) is 4.18. The molecular weight excluding hydrogens is 308 g/mol. The molecule has 0 saturated carbocycles. The van der Waals surface area contributed by atoms with Crippen LogP contribution >= 0.6 is 11.6 Å². The molecule has 0 unspecified atom stereocenters. The maximum atomic E-state index is 12.3. The zero-order valence-corrected chi connectivity index (χ0v) is 13.1. The molecule has 1 aromatic carbocycles. The molecule has 8 heteroatoms. The van der Waals surface area contributed by atoms with Gasteiger partial charge in [0.25, 0.3) is 5.91 Å². The average Bonchev–Trinajstić information content (AvgIpc) is 2.95. The number of nitrogens with zero attached hydrogens (tertiary/aromatic N) is 4. The zero-order chi connectivity index (χ0) is 16.5. The van der Waals surface area contributed by atoms with Crippen LogP contribution in [0.4, 0.5) is 0 Å². The number of carbonyl (C=O) groups is 2. The predicted molar refractivity (Wildman–Crippen MR) is 80.2 cm³/mol. The molecule has 0 fully saturated rings. The van der Waals surface area contributed by atoms with Crippen LogP contribution in [0, 0.1) is 0 Å². The van der Waals surface area contributed by atoms with Gasteiger partial charge in [-0.2, -0.15) is 0 Å². The number of para-hydroxylation sites is 1. The van der Waals surface area contributed by atoms with Gasteiger partial charge >= 0.3 is 5.97 Å². The molecule has 1 amide bonds. The van der Waals surface area contributed by atoms with E-state index in [1.807, 2.05) is 0 Å². The molecule has 1 N–H and O–H groups in total. The molecule has 1 heterocycles. The number of likely N-dealkylation sites (N-methyl/N-ethyl adjacent to an activating group) is 1. The van der Waals surface area contributed by atoms with Crippen LogP contribution in [0.1, 0.15) is 24.3 Å². The molecule has 0 aliphatic rings. The lowest BCUT2D eigenvalue weighted by atomic mass is 10.0. The Bertz CT molecular complexity index is 726. The molecule has 1 aromatic heterocycles. The summed E-state index contributed by atoms with van der Waals surface area (Å²) < 4.78 is 1.37. The molecule has 0 aliphatic heterocycles. The van der Waals surface area contributed by atoms with E-state index in [-0.39, 0.29) is 5.69 Å². The van der Waals surface area contributed by atoms with Gasteiger partial charge in [0.15, 0.2) is 5.69 Å². The van der Waals surface area contributed by atoms with E-state index in [1.54, 1.807) is 24.3 Å². The molecule has 0 spiro atoms. The fraction of sp³-hybridized carbons (Fsp3) is 0.286. The monoisotopic (exact) mass is 322 g/mol. The van der Waals surface area contributed by atoms with Gasteiger partial charge in [-0.1, -0.05) is 28.9 Å². The fourth-order valence-electron chi connectivity index (χ4n) is 1.69. The maximum Gasteiger partial charge on any atom is 0.329 e. The molecule has 0 aliphatic carbocycles. The number of hydrogen-bond acceptors (Lipinski definition) is 4. The predicted octanol–water partition coefficient (Wildman–Crippen LogP) is 1.86. The first-order valence-corrected chi connectivity index (χ1v) is 6.81. The first-order chi connectivity index (χ1) is 10.2. The Morgan fingerprint density at radius 3 is 2.55 bits per heavy atom. The molecule has 0 radical (unpaired) electrons. The fourth-order valence-corrected chi connectivity index (χ4v) is 1.91. The second-order valence-electron chi connectivity index (χ2n) is 5.23. The molecule has 0 atom stereocenters. The van der Waals surface area contributed by atoms with E-state index >= 15 is 0 Å². The number of halogens is 1. The first-order valence-electron chi connectivity index (χ1n) is 6.44. The molecule has 0 bridgehead atoms. The standard InChI is InChI=1S/C14H15ClN4O3/c1-14(2,13(21)22)18(3)12(20)10-8-19(17-16-10)11-7-5-4-6-9(11)15/h4-8H,1-3H3,(H,21,22). The summed E-state index contributed by atoms with van der Waals surface area (Å²) in [5, 5.41) is 17.3. The number of hydrogen-bond donors (Lipinski definition) is 1. The van der Waals surface area contributed by atoms with Gasteiger partial charge in [-0.15, -0.1) is 5.10 Å². The highest BCUT2D eigenvalue weighted by Crippen LogP contribution is 2.20. The van der Waals surface area contributed by atoms with E-state index in [0.717, 1.165) is 4.90 Å². The zero-order valence-electron chi connectivity index (χ0n) is 12.3. The van der Waals surface area contributed by atoms with E-state index in [0.29, 0.717) is 10.7 Å².